The number of hydrogen-bond acceptors (Lipinski definition) is 3. The van der Waals surface area contributed by atoms with Crippen LogP contribution in [0.3, 0.4) is 0 Å². The summed E-state index contributed by atoms with van der Waals surface area (Å²) in [5.41, 5.74) is 0.877. The lowest BCUT2D eigenvalue weighted by atomic mass is 9.76. The van der Waals surface area contributed by atoms with Gasteiger partial charge in [0.1, 0.15) is 0 Å². The lowest BCUT2D eigenvalue weighted by Gasteiger charge is -2.31. The molecule has 1 aliphatic carbocycles. The van der Waals surface area contributed by atoms with Crippen LogP contribution in [-0.2, 0) is 14.4 Å². The van der Waals surface area contributed by atoms with Gasteiger partial charge in [-0.15, -0.1) is 0 Å². The number of carbonyl (C=O) groups excluding carboxylic acids is 2. The molecule has 0 spiro atoms. The van der Waals surface area contributed by atoms with E-state index in [4.69, 9.17) is 4.84 Å². The Balaban J connectivity index is 2.75. The summed E-state index contributed by atoms with van der Waals surface area (Å²) in [4.78, 5) is 28.5. The minimum atomic E-state index is -0.321. The molecule has 18 heavy (non-hydrogen) atoms. The zero-order valence-corrected chi connectivity index (χ0v) is 13.0. The second-order valence-corrected chi connectivity index (χ2v) is 6.36. The Hall–Kier alpha value is -0.680. The molecule has 0 saturated carbocycles. The Morgan fingerprint density at radius 1 is 1.44 bits per heavy atom. The first kappa shape index (κ1) is 15.4. The molecule has 0 fully saturated rings. The number of carbonyl (C=O) groups is 2. The summed E-state index contributed by atoms with van der Waals surface area (Å²) >= 11 is 3.45. The average molecular weight is 318 g/mol. The first-order valence-electron chi connectivity index (χ1n) is 5.98. The summed E-state index contributed by atoms with van der Waals surface area (Å²) in [7, 11) is 2.91. The summed E-state index contributed by atoms with van der Waals surface area (Å²) in [5, 5.41) is 1.08. The van der Waals surface area contributed by atoms with Crippen LogP contribution in [0.25, 0.3) is 0 Å². The summed E-state index contributed by atoms with van der Waals surface area (Å²) < 4.78 is 0.944. The Kier molecular flexibility index (Phi) is 5.10. The normalized spacial score (nSPS) is 18.7. The minimum absolute atomic E-state index is 0.108. The number of ketones is 1. The van der Waals surface area contributed by atoms with E-state index in [9.17, 15) is 9.59 Å². The number of hydroxylamine groups is 2. The third-order valence-corrected chi connectivity index (χ3v) is 4.15. The first-order chi connectivity index (χ1) is 8.26. The second kappa shape index (κ2) is 5.97. The van der Waals surface area contributed by atoms with Gasteiger partial charge >= 0.3 is 0 Å². The van der Waals surface area contributed by atoms with E-state index in [1.165, 1.54) is 14.2 Å². The first-order valence-corrected chi connectivity index (χ1v) is 6.77. The van der Waals surface area contributed by atoms with Crippen molar-refractivity contribution in [3.8, 4) is 0 Å². The third-order valence-electron chi connectivity index (χ3n) is 3.28. The van der Waals surface area contributed by atoms with Crippen LogP contribution in [0, 0.1) is 5.41 Å². The lowest BCUT2D eigenvalue weighted by molar-refractivity contribution is -0.169. The molecule has 1 aliphatic rings. The molecule has 0 aromatic rings. The summed E-state index contributed by atoms with van der Waals surface area (Å²) in [6, 6.07) is 0. The van der Waals surface area contributed by atoms with Gasteiger partial charge in [0.05, 0.1) is 13.5 Å². The smallest absolute Gasteiger partial charge is 0.253 e. The Labute approximate surface area is 116 Å². The van der Waals surface area contributed by atoms with Crippen molar-refractivity contribution in [2.45, 2.75) is 39.5 Å². The van der Waals surface area contributed by atoms with E-state index in [2.05, 4.69) is 29.8 Å². The predicted octanol–water partition coefficient (Wildman–Crippen LogP) is 2.82. The van der Waals surface area contributed by atoms with Crippen LogP contribution in [0.2, 0.25) is 0 Å². The standard InChI is InChI=1S/C13H20BrNO3/c1-13(2)6-5-10(14)9(8-13)11(16)7-12(17)15(3)18-4/h5-8H2,1-4H3. The zero-order valence-electron chi connectivity index (χ0n) is 11.4. The number of amides is 1. The van der Waals surface area contributed by atoms with Crippen molar-refractivity contribution in [2.24, 2.45) is 5.41 Å². The molecule has 1 amide bonds. The van der Waals surface area contributed by atoms with Gasteiger partial charge in [0, 0.05) is 17.1 Å². The largest absolute Gasteiger partial charge is 0.294 e. The fourth-order valence-corrected chi connectivity index (χ4v) is 2.53. The van der Waals surface area contributed by atoms with Crippen molar-refractivity contribution in [3.63, 3.8) is 0 Å². The van der Waals surface area contributed by atoms with Gasteiger partial charge in [-0.1, -0.05) is 29.8 Å². The summed E-state index contributed by atoms with van der Waals surface area (Å²) in [6.07, 6.45) is 2.50. The zero-order chi connectivity index (χ0) is 13.9. The van der Waals surface area contributed by atoms with E-state index in [0.29, 0.717) is 0 Å². The van der Waals surface area contributed by atoms with E-state index in [0.717, 1.165) is 34.4 Å². The van der Waals surface area contributed by atoms with E-state index < -0.39 is 0 Å². The maximum atomic E-state index is 12.1. The molecule has 0 aliphatic heterocycles. The van der Waals surface area contributed by atoms with E-state index >= 15 is 0 Å². The molecule has 0 unspecified atom stereocenters. The van der Waals surface area contributed by atoms with Crippen molar-refractivity contribution in [1.29, 1.82) is 0 Å². The molecule has 5 heteroatoms. The van der Waals surface area contributed by atoms with Gasteiger partial charge in [-0.25, -0.2) is 5.06 Å². The molecular formula is C13H20BrNO3. The minimum Gasteiger partial charge on any atom is -0.294 e. The molecule has 0 radical (unpaired) electrons. The summed E-state index contributed by atoms with van der Waals surface area (Å²) in [5.74, 6) is -0.428. The fourth-order valence-electron chi connectivity index (χ4n) is 1.97. The average Bonchev–Trinajstić information content (AvgIpc) is 2.31. The van der Waals surface area contributed by atoms with Crippen LogP contribution in [0.15, 0.2) is 10.1 Å². The van der Waals surface area contributed by atoms with Crippen molar-refractivity contribution in [3.05, 3.63) is 10.1 Å². The van der Waals surface area contributed by atoms with Crippen LogP contribution in [0.1, 0.15) is 39.5 Å². The maximum absolute atomic E-state index is 12.1. The third kappa shape index (κ3) is 3.92. The van der Waals surface area contributed by atoms with Crippen molar-refractivity contribution >= 4 is 27.6 Å². The molecule has 0 bridgehead atoms. The van der Waals surface area contributed by atoms with Gasteiger partial charge in [-0.05, 0) is 24.7 Å². The number of rotatable bonds is 4. The number of nitrogens with zero attached hydrogens (tertiary/aromatic N) is 1. The molecule has 0 N–H and O–H groups in total. The van der Waals surface area contributed by atoms with Gasteiger partial charge < -0.3 is 0 Å². The molecule has 0 aromatic heterocycles. The van der Waals surface area contributed by atoms with Crippen LogP contribution >= 0.6 is 15.9 Å². The number of Topliss-reactive ketones (excluding diaryl/α,β-unsaturated/α-hetero) is 1. The highest BCUT2D eigenvalue weighted by Gasteiger charge is 2.30. The lowest BCUT2D eigenvalue weighted by Crippen LogP contribution is -2.29. The quantitative estimate of drug-likeness (QED) is 0.591. The topological polar surface area (TPSA) is 46.6 Å². The van der Waals surface area contributed by atoms with Crippen LogP contribution in [-0.4, -0.2) is 30.9 Å². The number of allylic oxidation sites excluding steroid dienone is 2. The molecule has 0 heterocycles. The van der Waals surface area contributed by atoms with E-state index in [-0.39, 0.29) is 23.5 Å². The Bertz CT molecular complexity index is 388. The van der Waals surface area contributed by atoms with Gasteiger partial charge in [0.25, 0.3) is 5.91 Å². The SMILES string of the molecule is CON(C)C(=O)CC(=O)C1=C(Br)CCC(C)(C)C1. The molecule has 4 nitrogen and oxygen atoms in total. The second-order valence-electron chi connectivity index (χ2n) is 5.40. The van der Waals surface area contributed by atoms with Crippen LogP contribution < -0.4 is 0 Å². The van der Waals surface area contributed by atoms with E-state index in [1.807, 2.05) is 0 Å². The fraction of sp³-hybridized carbons (Fsp3) is 0.692. The van der Waals surface area contributed by atoms with Gasteiger partial charge in [0.15, 0.2) is 5.78 Å². The summed E-state index contributed by atoms with van der Waals surface area (Å²) in [6.45, 7) is 4.28. The molecule has 0 atom stereocenters. The molecule has 102 valence electrons. The maximum Gasteiger partial charge on any atom is 0.253 e. The number of hydrogen-bond donors (Lipinski definition) is 0. The monoisotopic (exact) mass is 317 g/mol. The van der Waals surface area contributed by atoms with Crippen molar-refractivity contribution in [1.82, 2.24) is 5.06 Å². The molecular weight excluding hydrogens is 298 g/mol. The van der Waals surface area contributed by atoms with Gasteiger partial charge in [0.2, 0.25) is 0 Å². The van der Waals surface area contributed by atoms with E-state index in [1.54, 1.807) is 0 Å². The highest BCUT2D eigenvalue weighted by atomic mass is 79.9. The van der Waals surface area contributed by atoms with Crippen molar-refractivity contribution < 1.29 is 14.4 Å². The van der Waals surface area contributed by atoms with Crippen LogP contribution in [0.5, 0.6) is 0 Å². The predicted molar refractivity (Wildman–Crippen MR) is 73.0 cm³/mol. The number of halogens is 1. The Morgan fingerprint density at radius 3 is 2.61 bits per heavy atom. The highest BCUT2D eigenvalue weighted by molar-refractivity contribution is 9.11. The van der Waals surface area contributed by atoms with Gasteiger partial charge in [-0.3, -0.25) is 14.4 Å². The molecule has 1 rings (SSSR count). The van der Waals surface area contributed by atoms with Crippen molar-refractivity contribution in [2.75, 3.05) is 14.2 Å². The highest BCUT2D eigenvalue weighted by Crippen LogP contribution is 2.41. The molecule has 0 aromatic carbocycles. The van der Waals surface area contributed by atoms with Crippen LogP contribution in [0.4, 0.5) is 0 Å². The molecule has 0 saturated heterocycles. The Morgan fingerprint density at radius 2 is 2.06 bits per heavy atom. The van der Waals surface area contributed by atoms with Gasteiger partial charge in [-0.2, -0.15) is 0 Å².